The number of ether oxygens (including phenoxy) is 9. The van der Waals surface area contributed by atoms with Crippen molar-refractivity contribution in [3.8, 4) is 0 Å². The van der Waals surface area contributed by atoms with Crippen molar-refractivity contribution in [1.82, 2.24) is 5.32 Å². The van der Waals surface area contributed by atoms with Crippen molar-refractivity contribution in [2.75, 3.05) is 112 Å². The molecule has 274 valence electrons. The van der Waals surface area contributed by atoms with Gasteiger partial charge < -0.3 is 47.9 Å². The van der Waals surface area contributed by atoms with Crippen molar-refractivity contribution in [1.29, 1.82) is 0 Å². The van der Waals surface area contributed by atoms with E-state index in [4.69, 9.17) is 42.6 Å². The van der Waals surface area contributed by atoms with Crippen LogP contribution in [0.1, 0.15) is 76.7 Å². The highest BCUT2D eigenvalue weighted by Crippen LogP contribution is 2.10. The summed E-state index contributed by atoms with van der Waals surface area (Å²) in [4.78, 5) is 11.6. The van der Waals surface area contributed by atoms with Crippen molar-refractivity contribution in [2.45, 2.75) is 77.7 Å². The van der Waals surface area contributed by atoms with Crippen LogP contribution in [-0.4, -0.2) is 118 Å². The topological polar surface area (TPSA) is 112 Å². The average molecular weight is 672 g/mol. The number of hydrogen-bond acceptors (Lipinski definition) is 10. The summed E-state index contributed by atoms with van der Waals surface area (Å²) in [6, 6.07) is 9.53. The maximum Gasteiger partial charge on any atom is 0.407 e. The normalized spacial score (nSPS) is 11.3. The summed E-state index contributed by atoms with van der Waals surface area (Å²) < 4.78 is 49.2. The zero-order valence-corrected chi connectivity index (χ0v) is 29.3. The fourth-order valence-corrected chi connectivity index (χ4v) is 4.33. The molecule has 47 heavy (non-hydrogen) atoms. The largest absolute Gasteiger partial charge is 0.445 e. The molecule has 0 fully saturated rings. The monoisotopic (exact) mass is 671 g/mol. The Morgan fingerprint density at radius 3 is 1.26 bits per heavy atom. The second-order valence-corrected chi connectivity index (χ2v) is 11.1. The van der Waals surface area contributed by atoms with Gasteiger partial charge >= 0.3 is 6.09 Å². The third-order valence-corrected chi connectivity index (χ3v) is 6.97. The van der Waals surface area contributed by atoms with Crippen LogP contribution in [0.25, 0.3) is 0 Å². The second kappa shape index (κ2) is 37.0. The van der Waals surface area contributed by atoms with E-state index in [1.54, 1.807) is 0 Å². The third kappa shape index (κ3) is 33.9. The molecule has 0 spiro atoms. The highest BCUT2D eigenvalue weighted by atomic mass is 16.6. The van der Waals surface area contributed by atoms with Gasteiger partial charge in [0, 0.05) is 13.2 Å². The molecule has 1 N–H and O–H groups in total. The van der Waals surface area contributed by atoms with Gasteiger partial charge in [0.15, 0.2) is 0 Å². The smallest absolute Gasteiger partial charge is 0.407 e. The summed E-state index contributed by atoms with van der Waals surface area (Å²) >= 11 is 0. The Labute approximate surface area is 284 Å². The highest BCUT2D eigenvalue weighted by molar-refractivity contribution is 5.67. The van der Waals surface area contributed by atoms with E-state index in [1.165, 1.54) is 57.8 Å². The Bertz CT molecular complexity index is 759. The maximum absolute atomic E-state index is 11.6. The number of unbranched alkanes of at least 4 members (excludes halogenated alkanes) is 9. The molecule has 1 rings (SSSR count). The van der Waals surface area contributed by atoms with Gasteiger partial charge in [0.1, 0.15) is 6.61 Å². The Morgan fingerprint density at radius 2 is 0.830 bits per heavy atom. The number of nitrogens with one attached hydrogen (secondary N) is 1. The molecule has 0 heterocycles. The van der Waals surface area contributed by atoms with Crippen LogP contribution in [-0.2, 0) is 49.2 Å². The van der Waals surface area contributed by atoms with E-state index in [0.717, 1.165) is 18.6 Å². The summed E-state index contributed by atoms with van der Waals surface area (Å²) in [5.74, 6) is 0. The van der Waals surface area contributed by atoms with Crippen LogP contribution in [0.15, 0.2) is 30.3 Å². The number of rotatable bonds is 37. The molecule has 0 saturated carbocycles. The quantitative estimate of drug-likeness (QED) is 0.0850. The molecule has 0 aliphatic rings. The van der Waals surface area contributed by atoms with E-state index in [0.29, 0.717) is 106 Å². The molecule has 0 atom stereocenters. The minimum Gasteiger partial charge on any atom is -0.445 e. The molecule has 11 nitrogen and oxygen atoms in total. The minimum atomic E-state index is -0.462. The lowest BCUT2D eigenvalue weighted by molar-refractivity contribution is -0.0230. The number of benzene rings is 1. The van der Waals surface area contributed by atoms with Gasteiger partial charge in [0.05, 0.1) is 99.1 Å². The van der Waals surface area contributed by atoms with E-state index in [2.05, 4.69) is 12.2 Å². The van der Waals surface area contributed by atoms with Crippen molar-refractivity contribution in [2.24, 2.45) is 0 Å². The van der Waals surface area contributed by atoms with Crippen LogP contribution in [0.5, 0.6) is 0 Å². The van der Waals surface area contributed by atoms with Gasteiger partial charge in [-0.1, -0.05) is 95.0 Å². The molecule has 0 aromatic heterocycles. The predicted molar refractivity (Wildman–Crippen MR) is 183 cm³/mol. The highest BCUT2D eigenvalue weighted by Gasteiger charge is 2.02. The first-order valence-electron chi connectivity index (χ1n) is 17.9. The van der Waals surface area contributed by atoms with Gasteiger partial charge in [0.2, 0.25) is 0 Å². The molecule has 1 amide bonds. The number of alkyl carbamates (subject to hydrolysis) is 1. The molecule has 0 radical (unpaired) electrons. The molecule has 0 bridgehead atoms. The molecule has 0 unspecified atom stereocenters. The fraction of sp³-hybridized carbons (Fsp3) is 0.806. The second-order valence-electron chi connectivity index (χ2n) is 11.1. The van der Waals surface area contributed by atoms with Crippen molar-refractivity contribution in [3.05, 3.63) is 35.9 Å². The van der Waals surface area contributed by atoms with Crippen LogP contribution in [0, 0.1) is 0 Å². The van der Waals surface area contributed by atoms with E-state index in [1.807, 2.05) is 30.3 Å². The summed E-state index contributed by atoms with van der Waals surface area (Å²) in [6.07, 6.45) is 12.9. The van der Waals surface area contributed by atoms with Gasteiger partial charge in [-0.05, 0) is 12.0 Å². The van der Waals surface area contributed by atoms with Gasteiger partial charge in [-0.2, -0.15) is 0 Å². The molecule has 0 saturated heterocycles. The zero-order chi connectivity index (χ0) is 33.6. The Kier molecular flexibility index (Phi) is 34.0. The summed E-state index contributed by atoms with van der Waals surface area (Å²) in [5.41, 5.74) is 0.943. The van der Waals surface area contributed by atoms with Crippen molar-refractivity contribution in [3.63, 3.8) is 0 Å². The summed E-state index contributed by atoms with van der Waals surface area (Å²) in [7, 11) is 0. The number of carbonyl (C=O) groups is 1. The van der Waals surface area contributed by atoms with E-state index < -0.39 is 6.09 Å². The predicted octanol–water partition coefficient (Wildman–Crippen LogP) is 5.97. The lowest BCUT2D eigenvalue weighted by Gasteiger charge is -2.09. The lowest BCUT2D eigenvalue weighted by atomic mass is 10.1. The molecular weight excluding hydrogens is 606 g/mol. The van der Waals surface area contributed by atoms with Gasteiger partial charge in [-0.15, -0.1) is 0 Å². The zero-order valence-electron chi connectivity index (χ0n) is 29.3. The van der Waals surface area contributed by atoms with Gasteiger partial charge in [0.25, 0.3) is 0 Å². The lowest BCUT2D eigenvalue weighted by Crippen LogP contribution is -2.28. The first kappa shape index (κ1) is 43.2. The fourth-order valence-electron chi connectivity index (χ4n) is 4.33. The molecule has 11 heteroatoms. The van der Waals surface area contributed by atoms with E-state index >= 15 is 0 Å². The van der Waals surface area contributed by atoms with Crippen molar-refractivity contribution < 1.29 is 47.4 Å². The number of hydrogen-bond donors (Lipinski definition) is 1. The Morgan fingerprint density at radius 1 is 0.468 bits per heavy atom. The molecular formula is C36H65NO10. The van der Waals surface area contributed by atoms with Crippen LogP contribution < -0.4 is 5.32 Å². The van der Waals surface area contributed by atoms with Crippen LogP contribution >= 0.6 is 0 Å². The average Bonchev–Trinajstić information content (AvgIpc) is 3.09. The summed E-state index contributed by atoms with van der Waals surface area (Å²) in [5, 5.41) is 2.65. The SMILES string of the molecule is CCCCCCCCCCCCOCCOCCOCCOCCOCCOCCOCCOCCNC(=O)OCc1ccccc1. The van der Waals surface area contributed by atoms with Crippen molar-refractivity contribution >= 4 is 6.09 Å². The maximum atomic E-state index is 11.6. The molecule has 0 aliphatic heterocycles. The van der Waals surface area contributed by atoms with Gasteiger partial charge in [-0.25, -0.2) is 4.79 Å². The third-order valence-electron chi connectivity index (χ3n) is 6.97. The van der Waals surface area contributed by atoms with E-state index in [9.17, 15) is 4.79 Å². The standard InChI is InChI=1S/C36H65NO10/c1-2-3-4-5-6-7-8-9-10-14-18-39-20-22-41-24-26-43-28-30-45-32-33-46-31-29-44-27-25-42-23-21-40-19-17-37-36(38)47-34-35-15-12-11-13-16-35/h11-13,15-16H,2-10,14,17-34H2,1H3,(H,37,38). The van der Waals surface area contributed by atoms with E-state index in [-0.39, 0.29) is 6.61 Å². The number of amides is 1. The first-order chi connectivity index (χ1) is 23.3. The van der Waals surface area contributed by atoms with Crippen LogP contribution in [0.2, 0.25) is 0 Å². The molecule has 1 aromatic carbocycles. The molecule has 1 aromatic rings. The van der Waals surface area contributed by atoms with Crippen LogP contribution in [0.3, 0.4) is 0 Å². The van der Waals surface area contributed by atoms with Crippen LogP contribution in [0.4, 0.5) is 4.79 Å². The first-order valence-corrected chi connectivity index (χ1v) is 17.9. The molecule has 0 aliphatic carbocycles. The summed E-state index contributed by atoms with van der Waals surface area (Å²) in [6.45, 7) is 11.4. The number of carbonyl (C=O) groups excluding carboxylic acids is 1. The minimum absolute atomic E-state index is 0.244. The Hall–Kier alpha value is -1.83. The van der Waals surface area contributed by atoms with Gasteiger partial charge in [-0.3, -0.25) is 0 Å². The Balaban J connectivity index is 1.63.